The molecule has 0 aliphatic rings. The molecule has 122 valence electrons. The summed E-state index contributed by atoms with van der Waals surface area (Å²) in [4.78, 5) is 11.3. The Labute approximate surface area is 124 Å². The molecule has 0 aromatic heterocycles. The van der Waals surface area contributed by atoms with E-state index in [-0.39, 0.29) is 6.61 Å². The van der Waals surface area contributed by atoms with Crippen molar-refractivity contribution in [2.75, 3.05) is 6.61 Å². The van der Waals surface area contributed by atoms with E-state index in [1.807, 2.05) is 0 Å². The molecule has 0 radical (unpaired) electrons. The summed E-state index contributed by atoms with van der Waals surface area (Å²) in [6.07, 6.45) is 1.15. The molecule has 0 amide bonds. The molecule has 0 saturated heterocycles. The number of hydrogen-bond donors (Lipinski definition) is 0. The molecule has 0 aliphatic carbocycles. The van der Waals surface area contributed by atoms with E-state index in [1.165, 1.54) is 13.0 Å². The molecule has 0 bridgehead atoms. The minimum absolute atomic E-state index is 0.184. The Morgan fingerprint density at radius 3 is 2.27 bits per heavy atom. The Balaban J connectivity index is 3.09. The number of esters is 1. The molecule has 0 aliphatic heterocycles. The number of halogens is 4. The fraction of sp³-hybridized carbons (Fsp3) is 0.357. The van der Waals surface area contributed by atoms with Crippen LogP contribution in [0.3, 0.4) is 0 Å². The van der Waals surface area contributed by atoms with Crippen LogP contribution in [0.5, 0.6) is 11.5 Å². The molecule has 0 N–H and O–H groups in total. The maximum absolute atomic E-state index is 12.3. The van der Waals surface area contributed by atoms with Crippen molar-refractivity contribution in [3.05, 3.63) is 29.8 Å². The molecule has 1 aromatic rings. The summed E-state index contributed by atoms with van der Waals surface area (Å²) in [5.74, 6) is -1.68. The lowest BCUT2D eigenvalue weighted by Gasteiger charge is -2.13. The van der Waals surface area contributed by atoms with E-state index in [0.29, 0.717) is 11.1 Å². The number of ether oxygens (including phenoxy) is 3. The van der Waals surface area contributed by atoms with E-state index < -0.39 is 30.7 Å². The molecule has 0 spiro atoms. The number of carbonyl (C=O) groups is 1. The highest BCUT2D eigenvalue weighted by atomic mass is 19.3. The van der Waals surface area contributed by atoms with Gasteiger partial charge < -0.3 is 14.2 Å². The normalized spacial score (nSPS) is 11.7. The number of rotatable bonds is 7. The van der Waals surface area contributed by atoms with Gasteiger partial charge in [-0.15, -0.1) is 0 Å². The highest BCUT2D eigenvalue weighted by Gasteiger charge is 2.16. The zero-order valence-electron chi connectivity index (χ0n) is 11.8. The molecule has 1 rings (SSSR count). The molecule has 4 nitrogen and oxygen atoms in total. The average molecular weight is 322 g/mol. The highest BCUT2D eigenvalue weighted by Crippen LogP contribution is 2.33. The summed E-state index contributed by atoms with van der Waals surface area (Å²) in [7, 11) is 0. The lowest BCUT2D eigenvalue weighted by Crippen LogP contribution is -2.08. The van der Waals surface area contributed by atoms with Crippen molar-refractivity contribution >= 4 is 11.5 Å². The topological polar surface area (TPSA) is 44.8 Å². The van der Waals surface area contributed by atoms with Crippen LogP contribution in [0.15, 0.2) is 24.3 Å². The molecule has 8 heteroatoms. The van der Waals surface area contributed by atoms with E-state index in [0.717, 1.165) is 18.2 Å². The lowest BCUT2D eigenvalue weighted by molar-refractivity contribution is -0.137. The minimum Gasteiger partial charge on any atom is -0.463 e. The van der Waals surface area contributed by atoms with Crippen molar-refractivity contribution < 1.29 is 36.6 Å². The van der Waals surface area contributed by atoms with Crippen LogP contribution < -0.4 is 9.47 Å². The number of carbonyl (C=O) groups excluding carboxylic acids is 1. The van der Waals surface area contributed by atoms with Gasteiger partial charge in [0, 0.05) is 6.08 Å². The minimum atomic E-state index is -3.20. The van der Waals surface area contributed by atoms with Gasteiger partial charge in [-0.25, -0.2) is 4.79 Å². The number of hydrogen-bond acceptors (Lipinski definition) is 4. The Morgan fingerprint density at radius 1 is 1.14 bits per heavy atom. The van der Waals surface area contributed by atoms with Gasteiger partial charge in [-0.3, -0.25) is 0 Å². The third-order valence-corrected chi connectivity index (χ3v) is 2.45. The standard InChI is InChI=1S/C14H14F4O4/c1-3-20-12(19)6-8(2)9-4-5-10(21-13(15)16)11(7-9)22-14(17)18/h4-7,13-14H,3H2,1-2H3/b8-6+. The first-order chi connectivity index (χ1) is 10.3. The first-order valence-corrected chi connectivity index (χ1v) is 6.22. The largest absolute Gasteiger partial charge is 0.463 e. The van der Waals surface area contributed by atoms with Crippen LogP contribution in [0.2, 0.25) is 0 Å². The summed E-state index contributed by atoms with van der Waals surface area (Å²) in [6, 6.07) is 3.47. The molecule has 22 heavy (non-hydrogen) atoms. The van der Waals surface area contributed by atoms with Gasteiger partial charge in [-0.05, 0) is 37.1 Å². The Morgan fingerprint density at radius 2 is 1.73 bits per heavy atom. The molecular weight excluding hydrogens is 308 g/mol. The van der Waals surface area contributed by atoms with Gasteiger partial charge in [-0.1, -0.05) is 6.07 Å². The third kappa shape index (κ3) is 5.63. The van der Waals surface area contributed by atoms with Crippen molar-refractivity contribution in [2.45, 2.75) is 27.1 Å². The Hall–Kier alpha value is -2.25. The maximum Gasteiger partial charge on any atom is 0.387 e. The fourth-order valence-electron chi connectivity index (χ4n) is 1.58. The van der Waals surface area contributed by atoms with Crippen LogP contribution in [0.4, 0.5) is 17.6 Å². The molecule has 0 heterocycles. The van der Waals surface area contributed by atoms with Gasteiger partial charge in [-0.2, -0.15) is 17.6 Å². The first kappa shape index (κ1) is 17.8. The molecule has 0 fully saturated rings. The lowest BCUT2D eigenvalue weighted by atomic mass is 10.1. The van der Waals surface area contributed by atoms with Crippen molar-refractivity contribution in [2.24, 2.45) is 0 Å². The SMILES string of the molecule is CCOC(=O)/C=C(\C)c1ccc(OC(F)F)c(OC(F)F)c1. The average Bonchev–Trinajstić information content (AvgIpc) is 2.39. The summed E-state index contributed by atoms with van der Waals surface area (Å²) < 4.78 is 62.1. The molecule has 0 unspecified atom stereocenters. The molecule has 0 atom stereocenters. The highest BCUT2D eigenvalue weighted by molar-refractivity contribution is 5.91. The molecule has 0 saturated carbocycles. The van der Waals surface area contributed by atoms with E-state index in [4.69, 9.17) is 4.74 Å². The van der Waals surface area contributed by atoms with Crippen LogP contribution in [0.25, 0.3) is 5.57 Å². The monoisotopic (exact) mass is 322 g/mol. The van der Waals surface area contributed by atoms with Crippen molar-refractivity contribution in [1.29, 1.82) is 0 Å². The predicted octanol–water partition coefficient (Wildman–Crippen LogP) is 3.86. The summed E-state index contributed by atoms with van der Waals surface area (Å²) in [6.45, 7) is -3.03. The van der Waals surface area contributed by atoms with Crippen LogP contribution in [-0.4, -0.2) is 25.8 Å². The van der Waals surface area contributed by atoms with Crippen molar-refractivity contribution in [1.82, 2.24) is 0 Å². The van der Waals surface area contributed by atoms with Crippen molar-refractivity contribution in [3.63, 3.8) is 0 Å². The van der Waals surface area contributed by atoms with Gasteiger partial charge in [0.1, 0.15) is 0 Å². The second-order valence-corrected chi connectivity index (χ2v) is 4.00. The number of benzene rings is 1. The van der Waals surface area contributed by atoms with Gasteiger partial charge in [0.05, 0.1) is 6.61 Å². The van der Waals surface area contributed by atoms with Crippen LogP contribution in [0, 0.1) is 0 Å². The first-order valence-electron chi connectivity index (χ1n) is 6.22. The van der Waals surface area contributed by atoms with Crippen LogP contribution in [-0.2, 0) is 9.53 Å². The van der Waals surface area contributed by atoms with E-state index in [1.54, 1.807) is 6.92 Å². The second-order valence-electron chi connectivity index (χ2n) is 4.00. The Bertz CT molecular complexity index is 544. The van der Waals surface area contributed by atoms with Crippen molar-refractivity contribution in [3.8, 4) is 11.5 Å². The smallest absolute Gasteiger partial charge is 0.387 e. The summed E-state index contributed by atoms with van der Waals surface area (Å²) in [5.41, 5.74) is 0.714. The molecular formula is C14H14F4O4. The predicted molar refractivity (Wildman–Crippen MR) is 70.0 cm³/mol. The van der Waals surface area contributed by atoms with E-state index >= 15 is 0 Å². The summed E-state index contributed by atoms with van der Waals surface area (Å²) in [5, 5.41) is 0. The van der Waals surface area contributed by atoms with Crippen LogP contribution >= 0.6 is 0 Å². The molecule has 1 aromatic carbocycles. The number of alkyl halides is 4. The third-order valence-electron chi connectivity index (χ3n) is 2.45. The van der Waals surface area contributed by atoms with Gasteiger partial charge in [0.2, 0.25) is 0 Å². The number of allylic oxidation sites excluding steroid dienone is 1. The van der Waals surface area contributed by atoms with E-state index in [2.05, 4.69) is 9.47 Å². The zero-order chi connectivity index (χ0) is 16.7. The second kappa shape index (κ2) is 8.26. The zero-order valence-corrected chi connectivity index (χ0v) is 11.8. The maximum atomic E-state index is 12.3. The quantitative estimate of drug-likeness (QED) is 0.434. The van der Waals surface area contributed by atoms with Gasteiger partial charge in [0.25, 0.3) is 0 Å². The van der Waals surface area contributed by atoms with E-state index in [9.17, 15) is 22.4 Å². The van der Waals surface area contributed by atoms with Crippen LogP contribution in [0.1, 0.15) is 19.4 Å². The van der Waals surface area contributed by atoms with Gasteiger partial charge >= 0.3 is 19.2 Å². The Kier molecular flexibility index (Phi) is 6.68. The summed E-state index contributed by atoms with van der Waals surface area (Å²) >= 11 is 0. The van der Waals surface area contributed by atoms with Gasteiger partial charge in [0.15, 0.2) is 11.5 Å². The fourth-order valence-corrected chi connectivity index (χ4v) is 1.58.